The van der Waals surface area contributed by atoms with Crippen molar-refractivity contribution in [3.05, 3.63) is 41.1 Å². The largest absolute Gasteiger partial charge is 0.477 e. The maximum absolute atomic E-state index is 12.5. The average molecular weight is 309 g/mol. The molecule has 21 heavy (non-hydrogen) atoms. The Balaban J connectivity index is 2.50. The Morgan fingerprint density at radius 2 is 2.00 bits per heavy atom. The van der Waals surface area contributed by atoms with E-state index in [2.05, 4.69) is 9.82 Å². The van der Waals surface area contributed by atoms with Crippen LogP contribution in [0.3, 0.4) is 0 Å². The van der Waals surface area contributed by atoms with Gasteiger partial charge in [-0.2, -0.15) is 5.10 Å². The van der Waals surface area contributed by atoms with Gasteiger partial charge < -0.3 is 5.11 Å². The number of nitrogens with zero attached hydrogens (tertiary/aromatic N) is 2. The van der Waals surface area contributed by atoms with Crippen molar-refractivity contribution in [2.45, 2.75) is 18.7 Å². The highest BCUT2D eigenvalue weighted by atomic mass is 32.2. The molecular weight excluding hydrogens is 294 g/mol. The summed E-state index contributed by atoms with van der Waals surface area (Å²) in [6.07, 6.45) is 1.10. The molecule has 0 spiro atoms. The van der Waals surface area contributed by atoms with Crippen LogP contribution in [0.2, 0.25) is 0 Å². The zero-order valence-electron chi connectivity index (χ0n) is 11.8. The minimum Gasteiger partial charge on any atom is -0.477 e. The first-order valence-electron chi connectivity index (χ1n) is 6.08. The van der Waals surface area contributed by atoms with Gasteiger partial charge in [0.2, 0.25) is 0 Å². The first-order valence-corrected chi connectivity index (χ1v) is 7.56. The molecule has 0 saturated heterocycles. The lowest BCUT2D eigenvalue weighted by molar-refractivity contribution is 0.0698. The topological polar surface area (TPSA) is 101 Å². The maximum atomic E-state index is 12.5. The van der Waals surface area contributed by atoms with Gasteiger partial charge in [-0.15, -0.1) is 0 Å². The van der Waals surface area contributed by atoms with Gasteiger partial charge in [0.15, 0.2) is 5.82 Å². The van der Waals surface area contributed by atoms with E-state index in [0.29, 0.717) is 5.56 Å². The van der Waals surface area contributed by atoms with E-state index in [-0.39, 0.29) is 16.3 Å². The average Bonchev–Trinajstić information content (AvgIpc) is 2.73. The summed E-state index contributed by atoms with van der Waals surface area (Å²) in [5.41, 5.74) is 1.17. The number of benzene rings is 1. The van der Waals surface area contributed by atoms with Crippen LogP contribution in [0.4, 0.5) is 5.82 Å². The van der Waals surface area contributed by atoms with Crippen molar-refractivity contribution in [2.75, 3.05) is 4.72 Å². The lowest BCUT2D eigenvalue weighted by Gasteiger charge is -2.12. The van der Waals surface area contributed by atoms with Crippen LogP contribution in [-0.4, -0.2) is 29.3 Å². The number of hydrogen-bond acceptors (Lipinski definition) is 4. The fourth-order valence-corrected chi connectivity index (χ4v) is 3.33. The number of rotatable bonds is 4. The van der Waals surface area contributed by atoms with Crippen LogP contribution in [0.25, 0.3) is 0 Å². The van der Waals surface area contributed by atoms with Crippen molar-refractivity contribution in [1.82, 2.24) is 9.78 Å². The molecule has 0 bridgehead atoms. The normalized spacial score (nSPS) is 11.4. The van der Waals surface area contributed by atoms with Gasteiger partial charge in [-0.05, 0) is 31.0 Å². The molecule has 1 heterocycles. The highest BCUT2D eigenvalue weighted by molar-refractivity contribution is 7.92. The number of hydrogen-bond donors (Lipinski definition) is 2. The van der Waals surface area contributed by atoms with Crippen LogP contribution in [-0.2, 0) is 17.1 Å². The second kappa shape index (κ2) is 5.21. The molecule has 1 aromatic carbocycles. The van der Waals surface area contributed by atoms with Crippen molar-refractivity contribution in [3.63, 3.8) is 0 Å². The maximum Gasteiger partial charge on any atom is 0.341 e. The van der Waals surface area contributed by atoms with Crippen LogP contribution >= 0.6 is 0 Å². The van der Waals surface area contributed by atoms with Crippen LogP contribution in [0.15, 0.2) is 29.3 Å². The number of aromatic carboxylic acids is 1. The molecule has 0 aliphatic rings. The third-order valence-electron chi connectivity index (χ3n) is 3.03. The predicted octanol–water partition coefficient (Wildman–Crippen LogP) is 1.54. The van der Waals surface area contributed by atoms with Gasteiger partial charge in [0.25, 0.3) is 10.0 Å². The van der Waals surface area contributed by atoms with E-state index in [4.69, 9.17) is 5.11 Å². The number of nitrogens with one attached hydrogen (secondary N) is 1. The molecule has 2 rings (SSSR count). The number of aryl methyl sites for hydroxylation is 3. The van der Waals surface area contributed by atoms with Crippen molar-refractivity contribution < 1.29 is 18.3 Å². The van der Waals surface area contributed by atoms with Gasteiger partial charge in [-0.3, -0.25) is 9.40 Å². The monoisotopic (exact) mass is 309 g/mol. The van der Waals surface area contributed by atoms with E-state index in [1.807, 2.05) is 0 Å². The Morgan fingerprint density at radius 1 is 1.33 bits per heavy atom. The van der Waals surface area contributed by atoms with E-state index >= 15 is 0 Å². The molecule has 7 nitrogen and oxygen atoms in total. The van der Waals surface area contributed by atoms with Crippen molar-refractivity contribution >= 4 is 21.8 Å². The number of carbonyl (C=O) groups is 1. The second-order valence-electron chi connectivity index (χ2n) is 4.71. The zero-order chi connectivity index (χ0) is 15.8. The third-order valence-corrected chi connectivity index (χ3v) is 4.51. The predicted molar refractivity (Wildman–Crippen MR) is 76.9 cm³/mol. The highest BCUT2D eigenvalue weighted by Crippen LogP contribution is 2.22. The summed E-state index contributed by atoms with van der Waals surface area (Å²) in [5, 5.41) is 12.8. The van der Waals surface area contributed by atoms with E-state index in [1.54, 1.807) is 26.0 Å². The Morgan fingerprint density at radius 3 is 2.62 bits per heavy atom. The lowest BCUT2D eigenvalue weighted by atomic mass is 10.2. The van der Waals surface area contributed by atoms with Gasteiger partial charge in [0, 0.05) is 7.05 Å². The number of carboxylic acids is 1. The first kappa shape index (κ1) is 15.0. The molecule has 0 fully saturated rings. The zero-order valence-corrected chi connectivity index (χ0v) is 12.6. The molecule has 0 aliphatic carbocycles. The quantitative estimate of drug-likeness (QED) is 0.892. The standard InChI is InChI=1S/C13H15N3O4S/c1-8-4-5-9(2)11(6-8)21(19,20)15-12-10(13(17)18)7-14-16(12)3/h4-7,15H,1-3H3,(H,17,18). The number of sulfonamides is 1. The molecule has 1 aromatic heterocycles. The molecular formula is C13H15N3O4S. The van der Waals surface area contributed by atoms with E-state index in [9.17, 15) is 13.2 Å². The summed E-state index contributed by atoms with van der Waals surface area (Å²) in [7, 11) is -2.42. The summed E-state index contributed by atoms with van der Waals surface area (Å²) in [5.74, 6) is -1.33. The molecule has 2 N–H and O–H groups in total. The fourth-order valence-electron chi connectivity index (χ4n) is 1.89. The third kappa shape index (κ3) is 2.89. The molecule has 8 heteroatoms. The molecule has 0 radical (unpaired) electrons. The summed E-state index contributed by atoms with van der Waals surface area (Å²) in [6, 6.07) is 5.04. The van der Waals surface area contributed by atoms with Crippen LogP contribution < -0.4 is 4.72 Å². The van der Waals surface area contributed by atoms with Gasteiger partial charge in [0.05, 0.1) is 11.1 Å². The molecule has 0 saturated carbocycles. The number of carboxylic acid groups (broad SMARTS) is 1. The molecule has 112 valence electrons. The fraction of sp³-hybridized carbons (Fsp3) is 0.231. The SMILES string of the molecule is Cc1ccc(C)c(S(=O)(=O)Nc2c(C(=O)O)cnn2C)c1. The smallest absolute Gasteiger partial charge is 0.341 e. The minimum absolute atomic E-state index is 0.0802. The van der Waals surface area contributed by atoms with Crippen molar-refractivity contribution in [1.29, 1.82) is 0 Å². The van der Waals surface area contributed by atoms with Crippen LogP contribution in [0.5, 0.6) is 0 Å². The Labute approximate surface area is 122 Å². The molecule has 0 unspecified atom stereocenters. The van der Waals surface area contributed by atoms with Crippen molar-refractivity contribution in [3.8, 4) is 0 Å². The van der Waals surface area contributed by atoms with E-state index < -0.39 is 16.0 Å². The number of aromatic nitrogens is 2. The summed E-state index contributed by atoms with van der Waals surface area (Å²) < 4.78 is 28.4. The van der Waals surface area contributed by atoms with E-state index in [1.165, 1.54) is 17.8 Å². The van der Waals surface area contributed by atoms with E-state index in [0.717, 1.165) is 11.8 Å². The summed E-state index contributed by atoms with van der Waals surface area (Å²) >= 11 is 0. The summed E-state index contributed by atoms with van der Waals surface area (Å²) in [4.78, 5) is 11.2. The Bertz CT molecular complexity index is 809. The highest BCUT2D eigenvalue weighted by Gasteiger charge is 2.23. The van der Waals surface area contributed by atoms with Gasteiger partial charge in [-0.25, -0.2) is 13.2 Å². The molecule has 2 aromatic rings. The summed E-state index contributed by atoms with van der Waals surface area (Å²) in [6.45, 7) is 3.46. The lowest BCUT2D eigenvalue weighted by Crippen LogP contribution is -2.18. The number of anilines is 1. The van der Waals surface area contributed by atoms with Crippen LogP contribution in [0.1, 0.15) is 21.5 Å². The van der Waals surface area contributed by atoms with Gasteiger partial charge >= 0.3 is 5.97 Å². The van der Waals surface area contributed by atoms with Crippen LogP contribution in [0, 0.1) is 13.8 Å². The Hall–Kier alpha value is -2.35. The Kier molecular flexibility index (Phi) is 3.73. The molecule has 0 aliphatic heterocycles. The van der Waals surface area contributed by atoms with Crippen molar-refractivity contribution in [2.24, 2.45) is 7.05 Å². The second-order valence-corrected chi connectivity index (χ2v) is 6.36. The van der Waals surface area contributed by atoms with Gasteiger partial charge in [0.1, 0.15) is 5.56 Å². The minimum atomic E-state index is -3.89. The van der Waals surface area contributed by atoms with Gasteiger partial charge in [-0.1, -0.05) is 12.1 Å². The first-order chi connectivity index (χ1) is 9.72. The molecule has 0 amide bonds. The molecule has 0 atom stereocenters.